The number of sulfonamides is 1. The van der Waals surface area contributed by atoms with Gasteiger partial charge in [0.1, 0.15) is 5.01 Å². The van der Waals surface area contributed by atoms with E-state index in [1.165, 1.54) is 40.3 Å². The number of nitro groups is 1. The van der Waals surface area contributed by atoms with E-state index in [0.29, 0.717) is 5.01 Å². The lowest BCUT2D eigenvalue weighted by Gasteiger charge is -2.20. The molecule has 1 aliphatic rings. The van der Waals surface area contributed by atoms with Crippen molar-refractivity contribution in [2.45, 2.75) is 30.3 Å². The van der Waals surface area contributed by atoms with Crippen LogP contribution >= 0.6 is 11.3 Å². The predicted molar refractivity (Wildman–Crippen MR) is 92.3 cm³/mol. The summed E-state index contributed by atoms with van der Waals surface area (Å²) >= 11 is 1.18. The summed E-state index contributed by atoms with van der Waals surface area (Å²) in [5.74, 6) is -0.580. The Bertz CT molecular complexity index is 935. The molecule has 2 aromatic rings. The van der Waals surface area contributed by atoms with Crippen LogP contribution in [0.3, 0.4) is 0 Å². The number of hydrogen-bond acceptors (Lipinski definition) is 8. The Labute approximate surface area is 153 Å². The average Bonchev–Trinajstić information content (AvgIpc) is 3.36. The van der Waals surface area contributed by atoms with Crippen molar-refractivity contribution in [1.29, 1.82) is 0 Å². The molecule has 1 aliphatic carbocycles. The van der Waals surface area contributed by atoms with Gasteiger partial charge in [0.2, 0.25) is 10.0 Å². The van der Waals surface area contributed by atoms with Gasteiger partial charge in [0.25, 0.3) is 5.69 Å². The highest BCUT2D eigenvalue weighted by atomic mass is 32.2. The van der Waals surface area contributed by atoms with Gasteiger partial charge >= 0.3 is 5.97 Å². The van der Waals surface area contributed by atoms with E-state index < -0.39 is 20.9 Å². The van der Waals surface area contributed by atoms with E-state index in [1.807, 2.05) is 0 Å². The van der Waals surface area contributed by atoms with Gasteiger partial charge in [0.05, 0.1) is 23.5 Å². The number of esters is 1. The third kappa shape index (κ3) is 3.74. The lowest BCUT2D eigenvalue weighted by atomic mass is 10.3. The van der Waals surface area contributed by atoms with E-state index in [0.717, 1.165) is 25.0 Å². The van der Waals surface area contributed by atoms with Crippen molar-refractivity contribution in [2.24, 2.45) is 0 Å². The summed E-state index contributed by atoms with van der Waals surface area (Å²) in [6.45, 7) is 0.0334. The van der Waals surface area contributed by atoms with Crippen molar-refractivity contribution >= 4 is 33.0 Å². The first-order valence-electron chi connectivity index (χ1n) is 7.62. The van der Waals surface area contributed by atoms with Crippen LogP contribution in [0.25, 0.3) is 0 Å². The van der Waals surface area contributed by atoms with Crippen molar-refractivity contribution in [2.75, 3.05) is 7.11 Å². The van der Waals surface area contributed by atoms with Crippen LogP contribution in [0.2, 0.25) is 0 Å². The Hall–Kier alpha value is -2.37. The van der Waals surface area contributed by atoms with Gasteiger partial charge in [0, 0.05) is 23.6 Å². The fourth-order valence-corrected chi connectivity index (χ4v) is 4.85. The van der Waals surface area contributed by atoms with E-state index in [4.69, 9.17) is 0 Å². The van der Waals surface area contributed by atoms with Crippen molar-refractivity contribution in [3.05, 3.63) is 50.5 Å². The van der Waals surface area contributed by atoms with Gasteiger partial charge in [-0.2, -0.15) is 4.31 Å². The highest BCUT2D eigenvalue weighted by Crippen LogP contribution is 2.34. The van der Waals surface area contributed by atoms with Crippen LogP contribution in [0.5, 0.6) is 0 Å². The predicted octanol–water partition coefficient (Wildman–Crippen LogP) is 2.19. The third-order valence-corrected chi connectivity index (χ3v) is 6.59. The quantitative estimate of drug-likeness (QED) is 0.399. The molecule has 0 saturated heterocycles. The summed E-state index contributed by atoms with van der Waals surface area (Å²) < 4.78 is 31.8. The van der Waals surface area contributed by atoms with Gasteiger partial charge in [-0.1, -0.05) is 0 Å². The highest BCUT2D eigenvalue weighted by molar-refractivity contribution is 7.89. The summed E-state index contributed by atoms with van der Waals surface area (Å²) in [6.07, 6.45) is 1.48. The molecule has 0 aliphatic heterocycles. The van der Waals surface area contributed by atoms with Crippen molar-refractivity contribution in [3.63, 3.8) is 0 Å². The molecule has 1 fully saturated rings. The Kier molecular flexibility index (Phi) is 5.03. The van der Waals surface area contributed by atoms with E-state index in [1.54, 1.807) is 0 Å². The number of carbonyl (C=O) groups excluding carboxylic acids is 1. The monoisotopic (exact) mass is 397 g/mol. The van der Waals surface area contributed by atoms with Crippen LogP contribution in [0.4, 0.5) is 5.69 Å². The second kappa shape index (κ2) is 7.09. The number of hydrogen-bond donors (Lipinski definition) is 0. The van der Waals surface area contributed by atoms with Gasteiger partial charge in [-0.25, -0.2) is 18.2 Å². The fourth-order valence-electron chi connectivity index (χ4n) is 2.36. The van der Waals surface area contributed by atoms with Crippen molar-refractivity contribution in [3.8, 4) is 0 Å². The molecular formula is C15H15N3O6S2. The molecule has 11 heteroatoms. The molecule has 0 atom stereocenters. The molecule has 1 aromatic heterocycles. The molecule has 1 saturated carbocycles. The van der Waals surface area contributed by atoms with Crippen molar-refractivity contribution in [1.82, 2.24) is 9.29 Å². The lowest BCUT2D eigenvalue weighted by Crippen LogP contribution is -2.32. The summed E-state index contributed by atoms with van der Waals surface area (Å²) in [7, 11) is -2.59. The Morgan fingerprint density at radius 3 is 2.58 bits per heavy atom. The topological polar surface area (TPSA) is 120 Å². The first-order valence-corrected chi connectivity index (χ1v) is 9.94. The number of nitrogens with zero attached hydrogens (tertiary/aromatic N) is 3. The summed E-state index contributed by atoms with van der Waals surface area (Å²) in [5, 5.41) is 12.7. The Morgan fingerprint density at radius 1 is 1.38 bits per heavy atom. The zero-order valence-electron chi connectivity index (χ0n) is 13.7. The second-order valence-electron chi connectivity index (χ2n) is 5.65. The first kappa shape index (κ1) is 18.4. The standard InChI is InChI=1S/C15H15N3O6S2/c1-24-15(19)13-9-25-14(16-13)8-17(10-2-3-10)26(22,23)12-6-4-11(5-7-12)18(20)21/h4-7,9-10H,2-3,8H2,1H3. The van der Waals surface area contributed by atoms with Crippen LogP contribution in [0.15, 0.2) is 34.5 Å². The number of ether oxygens (including phenoxy) is 1. The smallest absolute Gasteiger partial charge is 0.357 e. The number of nitro benzene ring substituents is 1. The normalized spacial score (nSPS) is 14.4. The minimum Gasteiger partial charge on any atom is -0.464 e. The molecule has 3 rings (SSSR count). The number of benzene rings is 1. The zero-order chi connectivity index (χ0) is 18.9. The molecule has 0 radical (unpaired) electrons. The van der Waals surface area contributed by atoms with Gasteiger partial charge in [-0.3, -0.25) is 10.1 Å². The molecule has 0 amide bonds. The number of methoxy groups -OCH3 is 1. The number of thiazole rings is 1. The van der Waals surface area contributed by atoms with E-state index >= 15 is 0 Å². The van der Waals surface area contributed by atoms with Crippen LogP contribution in [0.1, 0.15) is 28.3 Å². The number of non-ortho nitro benzene ring substituents is 1. The van der Waals surface area contributed by atoms with E-state index in [-0.39, 0.29) is 28.9 Å². The van der Waals surface area contributed by atoms with Crippen LogP contribution in [0, 0.1) is 10.1 Å². The largest absolute Gasteiger partial charge is 0.464 e. The average molecular weight is 397 g/mol. The zero-order valence-corrected chi connectivity index (χ0v) is 15.3. The first-order chi connectivity index (χ1) is 12.3. The maximum atomic E-state index is 12.9. The highest BCUT2D eigenvalue weighted by Gasteiger charge is 2.38. The van der Waals surface area contributed by atoms with Crippen LogP contribution < -0.4 is 0 Å². The van der Waals surface area contributed by atoms with Gasteiger partial charge < -0.3 is 4.74 Å². The van der Waals surface area contributed by atoms with E-state index in [2.05, 4.69) is 9.72 Å². The van der Waals surface area contributed by atoms with Crippen LogP contribution in [-0.4, -0.2) is 41.8 Å². The molecule has 0 N–H and O–H groups in total. The van der Waals surface area contributed by atoms with Crippen LogP contribution in [-0.2, 0) is 21.3 Å². The summed E-state index contributed by atoms with van der Waals surface area (Å²) in [6, 6.07) is 4.64. The number of aromatic nitrogens is 1. The molecule has 26 heavy (non-hydrogen) atoms. The number of rotatable bonds is 7. The molecule has 0 unspecified atom stereocenters. The molecule has 0 spiro atoms. The molecule has 1 aromatic carbocycles. The fraction of sp³-hybridized carbons (Fsp3) is 0.333. The number of carbonyl (C=O) groups is 1. The summed E-state index contributed by atoms with van der Waals surface area (Å²) in [4.78, 5) is 25.8. The molecule has 138 valence electrons. The maximum absolute atomic E-state index is 12.9. The SMILES string of the molecule is COC(=O)c1csc(CN(C2CC2)S(=O)(=O)c2ccc([N+](=O)[O-])cc2)n1. The van der Waals surface area contributed by atoms with Gasteiger partial charge in [-0.15, -0.1) is 11.3 Å². The molecule has 9 nitrogen and oxygen atoms in total. The van der Waals surface area contributed by atoms with Gasteiger partial charge in [0.15, 0.2) is 5.69 Å². The second-order valence-corrected chi connectivity index (χ2v) is 8.48. The maximum Gasteiger partial charge on any atom is 0.357 e. The minimum atomic E-state index is -3.83. The third-order valence-electron chi connectivity index (χ3n) is 3.85. The molecule has 0 bridgehead atoms. The molecule has 1 heterocycles. The van der Waals surface area contributed by atoms with Crippen molar-refractivity contribution < 1.29 is 22.9 Å². The van der Waals surface area contributed by atoms with E-state index in [9.17, 15) is 23.3 Å². The summed E-state index contributed by atoms with van der Waals surface area (Å²) in [5.41, 5.74) is -0.0412. The molecular weight excluding hydrogens is 382 g/mol. The lowest BCUT2D eigenvalue weighted by molar-refractivity contribution is -0.384. The Morgan fingerprint density at radius 2 is 2.04 bits per heavy atom. The Balaban J connectivity index is 1.86. The van der Waals surface area contributed by atoms with Gasteiger partial charge in [-0.05, 0) is 25.0 Å². The minimum absolute atomic E-state index is 0.0141.